The topological polar surface area (TPSA) is 43.4 Å². The SMILES string of the molecule is Cc1cc2oc(=O)c3c(c2c2occ(-c4ccc(Br)cc4)c12)CCC3. The zero-order valence-electron chi connectivity index (χ0n) is 13.7. The minimum atomic E-state index is -0.196. The van der Waals surface area contributed by atoms with Gasteiger partial charge in [0.2, 0.25) is 0 Å². The standard InChI is InChI=1S/C21H15BrO3/c1-11-9-17-19(14-3-2-4-15(14)21(23)25-17)20-18(11)16(10-24-20)12-5-7-13(22)8-6-12/h5-10H,2-4H2,1H3. The molecule has 0 atom stereocenters. The average Bonchev–Trinajstić information content (AvgIpc) is 3.23. The third-order valence-electron chi connectivity index (χ3n) is 5.13. The Balaban J connectivity index is 1.90. The summed E-state index contributed by atoms with van der Waals surface area (Å²) in [5.74, 6) is 0. The highest BCUT2D eigenvalue weighted by molar-refractivity contribution is 9.10. The van der Waals surface area contributed by atoms with E-state index >= 15 is 0 Å². The van der Waals surface area contributed by atoms with Crippen LogP contribution < -0.4 is 5.63 Å². The highest BCUT2D eigenvalue weighted by atomic mass is 79.9. The molecule has 2 aromatic carbocycles. The van der Waals surface area contributed by atoms with Gasteiger partial charge in [0.05, 0.1) is 11.6 Å². The Morgan fingerprint density at radius 2 is 1.80 bits per heavy atom. The van der Waals surface area contributed by atoms with Gasteiger partial charge in [0.25, 0.3) is 0 Å². The van der Waals surface area contributed by atoms with Crippen LogP contribution in [0.2, 0.25) is 0 Å². The molecule has 1 aliphatic carbocycles. The molecule has 1 aliphatic rings. The minimum absolute atomic E-state index is 0.196. The van der Waals surface area contributed by atoms with Crippen LogP contribution in [0.5, 0.6) is 0 Å². The second-order valence-corrected chi connectivity index (χ2v) is 7.54. The summed E-state index contributed by atoms with van der Waals surface area (Å²) in [6.07, 6.45) is 4.51. The van der Waals surface area contributed by atoms with Gasteiger partial charge in [-0.1, -0.05) is 28.1 Å². The lowest BCUT2D eigenvalue weighted by atomic mass is 9.97. The molecular weight excluding hydrogens is 380 g/mol. The molecule has 4 heteroatoms. The van der Waals surface area contributed by atoms with Gasteiger partial charge >= 0.3 is 5.63 Å². The van der Waals surface area contributed by atoms with E-state index in [4.69, 9.17) is 8.83 Å². The summed E-state index contributed by atoms with van der Waals surface area (Å²) in [5.41, 5.74) is 6.42. The Hall–Kier alpha value is -2.33. The zero-order chi connectivity index (χ0) is 17.1. The minimum Gasteiger partial charge on any atom is -0.463 e. The highest BCUT2D eigenvalue weighted by Gasteiger charge is 2.24. The average molecular weight is 395 g/mol. The van der Waals surface area contributed by atoms with Crippen molar-refractivity contribution in [1.82, 2.24) is 0 Å². The molecular formula is C21H15BrO3. The number of halogens is 1. The monoisotopic (exact) mass is 394 g/mol. The number of hydrogen-bond donors (Lipinski definition) is 0. The van der Waals surface area contributed by atoms with Crippen molar-refractivity contribution < 1.29 is 8.83 Å². The molecule has 0 N–H and O–H groups in total. The Kier molecular flexibility index (Phi) is 3.19. The van der Waals surface area contributed by atoms with Gasteiger partial charge in [0, 0.05) is 21.0 Å². The molecule has 25 heavy (non-hydrogen) atoms. The van der Waals surface area contributed by atoms with E-state index in [0.29, 0.717) is 5.58 Å². The largest absolute Gasteiger partial charge is 0.463 e. The molecule has 0 saturated heterocycles. The van der Waals surface area contributed by atoms with Gasteiger partial charge in [-0.2, -0.15) is 0 Å². The van der Waals surface area contributed by atoms with Gasteiger partial charge in [0.15, 0.2) is 0 Å². The fourth-order valence-electron chi connectivity index (χ4n) is 4.00. The van der Waals surface area contributed by atoms with E-state index in [-0.39, 0.29) is 5.63 Å². The normalized spacial score (nSPS) is 13.7. The Morgan fingerprint density at radius 1 is 1.04 bits per heavy atom. The van der Waals surface area contributed by atoms with Crippen LogP contribution in [0.3, 0.4) is 0 Å². The second kappa shape index (κ2) is 5.33. The van der Waals surface area contributed by atoms with E-state index in [2.05, 4.69) is 28.1 Å². The van der Waals surface area contributed by atoms with Crippen LogP contribution in [0, 0.1) is 6.92 Å². The Bertz CT molecular complexity index is 1200. The first-order valence-electron chi connectivity index (χ1n) is 8.39. The maximum Gasteiger partial charge on any atom is 0.339 e. The predicted octanol–water partition coefficient (Wildman–Crippen LogP) is 5.77. The first-order chi connectivity index (χ1) is 12.1. The summed E-state index contributed by atoms with van der Waals surface area (Å²) in [4.78, 5) is 12.2. The fourth-order valence-corrected chi connectivity index (χ4v) is 4.27. The number of benzene rings is 2. The summed E-state index contributed by atoms with van der Waals surface area (Å²) in [7, 11) is 0. The predicted molar refractivity (Wildman–Crippen MR) is 102 cm³/mol. The Labute approximate surface area is 152 Å². The molecule has 0 aliphatic heterocycles. The zero-order valence-corrected chi connectivity index (χ0v) is 15.3. The maximum absolute atomic E-state index is 12.2. The van der Waals surface area contributed by atoms with Crippen molar-refractivity contribution >= 4 is 37.9 Å². The third-order valence-corrected chi connectivity index (χ3v) is 5.66. The summed E-state index contributed by atoms with van der Waals surface area (Å²) in [5, 5.41) is 2.06. The molecule has 124 valence electrons. The first kappa shape index (κ1) is 15.0. The highest BCUT2D eigenvalue weighted by Crippen LogP contribution is 2.40. The van der Waals surface area contributed by atoms with E-state index in [1.165, 1.54) is 0 Å². The molecule has 3 nitrogen and oxygen atoms in total. The smallest absolute Gasteiger partial charge is 0.339 e. The van der Waals surface area contributed by atoms with Crippen molar-refractivity contribution in [3.8, 4) is 11.1 Å². The van der Waals surface area contributed by atoms with E-state index in [9.17, 15) is 4.79 Å². The fraction of sp³-hybridized carbons (Fsp3) is 0.190. The molecule has 0 unspecified atom stereocenters. The van der Waals surface area contributed by atoms with E-state index < -0.39 is 0 Å². The molecule has 2 aromatic heterocycles. The molecule has 0 bridgehead atoms. The summed E-state index contributed by atoms with van der Waals surface area (Å²) in [6.45, 7) is 2.03. The number of rotatable bonds is 1. The molecule has 0 amide bonds. The van der Waals surface area contributed by atoms with Crippen LogP contribution >= 0.6 is 15.9 Å². The summed E-state index contributed by atoms with van der Waals surface area (Å²) in [6, 6.07) is 10.2. The number of fused-ring (bicyclic) bond motifs is 5. The van der Waals surface area contributed by atoms with Gasteiger partial charge in [-0.3, -0.25) is 0 Å². The second-order valence-electron chi connectivity index (χ2n) is 6.63. The van der Waals surface area contributed by atoms with E-state index in [1.807, 2.05) is 31.4 Å². The molecule has 0 fully saturated rings. The van der Waals surface area contributed by atoms with Gasteiger partial charge in [0.1, 0.15) is 11.2 Å². The summed E-state index contributed by atoms with van der Waals surface area (Å²) >= 11 is 3.48. The van der Waals surface area contributed by atoms with Gasteiger partial charge in [-0.05, 0) is 61.1 Å². The molecule has 2 heterocycles. The lowest BCUT2D eigenvalue weighted by Gasteiger charge is -2.07. The van der Waals surface area contributed by atoms with E-state index in [0.717, 1.165) is 67.9 Å². The van der Waals surface area contributed by atoms with Crippen molar-refractivity contribution in [2.24, 2.45) is 0 Å². The summed E-state index contributed by atoms with van der Waals surface area (Å²) < 4.78 is 12.7. The number of hydrogen-bond acceptors (Lipinski definition) is 3. The van der Waals surface area contributed by atoms with Crippen molar-refractivity contribution in [1.29, 1.82) is 0 Å². The molecule has 4 aromatic rings. The van der Waals surface area contributed by atoms with Crippen molar-refractivity contribution in [2.75, 3.05) is 0 Å². The van der Waals surface area contributed by atoms with Gasteiger partial charge in [-0.25, -0.2) is 4.79 Å². The van der Waals surface area contributed by atoms with Crippen LogP contribution in [0.25, 0.3) is 33.1 Å². The van der Waals surface area contributed by atoms with Gasteiger partial charge in [-0.15, -0.1) is 0 Å². The van der Waals surface area contributed by atoms with E-state index in [1.54, 1.807) is 0 Å². The van der Waals surface area contributed by atoms with Crippen LogP contribution in [-0.4, -0.2) is 0 Å². The number of furan rings is 1. The molecule has 0 spiro atoms. The third kappa shape index (κ3) is 2.13. The van der Waals surface area contributed by atoms with Crippen LogP contribution in [0.1, 0.15) is 23.1 Å². The molecule has 0 radical (unpaired) electrons. The lowest BCUT2D eigenvalue weighted by Crippen LogP contribution is -2.07. The lowest BCUT2D eigenvalue weighted by molar-refractivity contribution is 0.550. The molecule has 0 saturated carbocycles. The first-order valence-corrected chi connectivity index (χ1v) is 9.18. The van der Waals surface area contributed by atoms with Crippen molar-refractivity contribution in [3.05, 3.63) is 68.2 Å². The maximum atomic E-state index is 12.2. The number of aryl methyl sites for hydroxylation is 2. The molecule has 5 rings (SSSR count). The Morgan fingerprint density at radius 3 is 2.60 bits per heavy atom. The van der Waals surface area contributed by atoms with Gasteiger partial charge < -0.3 is 8.83 Å². The van der Waals surface area contributed by atoms with Crippen molar-refractivity contribution in [3.63, 3.8) is 0 Å². The van der Waals surface area contributed by atoms with Crippen LogP contribution in [-0.2, 0) is 12.8 Å². The van der Waals surface area contributed by atoms with Crippen molar-refractivity contribution in [2.45, 2.75) is 26.2 Å². The quantitative estimate of drug-likeness (QED) is 0.385. The van der Waals surface area contributed by atoms with Crippen LogP contribution in [0.4, 0.5) is 0 Å². The van der Waals surface area contributed by atoms with Crippen LogP contribution in [0.15, 0.2) is 54.7 Å².